The molecular weight excluding hydrogens is 318 g/mol. The topological polar surface area (TPSA) is 65.5 Å². The van der Waals surface area contributed by atoms with Crippen LogP contribution in [0.15, 0.2) is 30.6 Å². The number of aromatic nitrogens is 2. The van der Waals surface area contributed by atoms with E-state index in [0.29, 0.717) is 28.6 Å². The van der Waals surface area contributed by atoms with Crippen molar-refractivity contribution in [1.29, 1.82) is 0 Å². The third-order valence-corrected chi connectivity index (χ3v) is 4.08. The van der Waals surface area contributed by atoms with E-state index in [-0.39, 0.29) is 0 Å². The molecule has 130 valence electrons. The number of rotatable bonds is 5. The molecular formula is C19H21N3O3. The molecule has 0 aliphatic carbocycles. The van der Waals surface area contributed by atoms with E-state index in [9.17, 15) is 0 Å². The molecule has 6 heteroatoms. The van der Waals surface area contributed by atoms with Gasteiger partial charge in [0.05, 0.1) is 26.7 Å². The highest BCUT2D eigenvalue weighted by molar-refractivity contribution is 5.97. The summed E-state index contributed by atoms with van der Waals surface area (Å²) in [5, 5.41) is 4.18. The number of fused-ring (bicyclic) bond motifs is 1. The van der Waals surface area contributed by atoms with Gasteiger partial charge in [-0.25, -0.2) is 9.97 Å². The Morgan fingerprint density at radius 3 is 2.32 bits per heavy atom. The fourth-order valence-corrected chi connectivity index (χ4v) is 2.76. The maximum absolute atomic E-state index is 5.52. The zero-order chi connectivity index (χ0) is 18.0. The lowest BCUT2D eigenvalue weighted by Crippen LogP contribution is -2.01. The Bertz CT molecular complexity index is 925. The van der Waals surface area contributed by atoms with Gasteiger partial charge in [0.15, 0.2) is 11.5 Å². The molecule has 0 saturated heterocycles. The quantitative estimate of drug-likeness (QED) is 0.757. The SMILES string of the molecule is COc1cc2c(Nc3cc(C)ccc3C)ncnc2c(OC)c1OC. The molecule has 0 radical (unpaired) electrons. The van der Waals surface area contributed by atoms with Crippen LogP contribution in [0.2, 0.25) is 0 Å². The Morgan fingerprint density at radius 1 is 0.880 bits per heavy atom. The molecule has 1 aromatic heterocycles. The van der Waals surface area contributed by atoms with Crippen LogP contribution < -0.4 is 19.5 Å². The first-order valence-electron chi connectivity index (χ1n) is 7.87. The molecule has 0 aliphatic rings. The van der Waals surface area contributed by atoms with Crippen LogP contribution in [-0.4, -0.2) is 31.3 Å². The van der Waals surface area contributed by atoms with Crippen molar-refractivity contribution in [3.05, 3.63) is 41.7 Å². The van der Waals surface area contributed by atoms with Crippen LogP contribution >= 0.6 is 0 Å². The summed E-state index contributed by atoms with van der Waals surface area (Å²) in [5.41, 5.74) is 3.95. The van der Waals surface area contributed by atoms with Crippen LogP contribution in [0.3, 0.4) is 0 Å². The number of nitrogens with one attached hydrogen (secondary N) is 1. The number of ether oxygens (including phenoxy) is 3. The molecule has 1 heterocycles. The lowest BCUT2D eigenvalue weighted by atomic mass is 10.1. The molecule has 3 aromatic rings. The molecule has 0 atom stereocenters. The molecule has 3 rings (SSSR count). The van der Waals surface area contributed by atoms with Crippen LogP contribution in [0.1, 0.15) is 11.1 Å². The molecule has 6 nitrogen and oxygen atoms in total. The lowest BCUT2D eigenvalue weighted by Gasteiger charge is -2.16. The Hall–Kier alpha value is -3.02. The molecule has 0 spiro atoms. The minimum atomic E-state index is 0.508. The van der Waals surface area contributed by atoms with Crippen molar-refractivity contribution in [3.8, 4) is 17.2 Å². The van der Waals surface area contributed by atoms with E-state index in [1.165, 1.54) is 11.9 Å². The van der Waals surface area contributed by atoms with Crippen molar-refractivity contribution in [2.24, 2.45) is 0 Å². The van der Waals surface area contributed by atoms with Gasteiger partial charge in [0.25, 0.3) is 0 Å². The Labute approximate surface area is 146 Å². The first-order valence-corrected chi connectivity index (χ1v) is 7.87. The summed E-state index contributed by atoms with van der Waals surface area (Å²) in [6, 6.07) is 8.09. The van der Waals surface area contributed by atoms with Gasteiger partial charge in [-0.15, -0.1) is 0 Å². The second kappa shape index (κ2) is 6.84. The third-order valence-electron chi connectivity index (χ3n) is 4.08. The van der Waals surface area contributed by atoms with Crippen molar-refractivity contribution in [3.63, 3.8) is 0 Å². The largest absolute Gasteiger partial charge is 0.493 e. The van der Waals surface area contributed by atoms with Gasteiger partial charge in [0.1, 0.15) is 17.7 Å². The van der Waals surface area contributed by atoms with E-state index >= 15 is 0 Å². The van der Waals surface area contributed by atoms with Gasteiger partial charge in [-0.2, -0.15) is 0 Å². The molecule has 0 amide bonds. The average Bonchev–Trinajstić information content (AvgIpc) is 2.63. The maximum atomic E-state index is 5.52. The predicted octanol–water partition coefficient (Wildman–Crippen LogP) is 4.02. The Kier molecular flexibility index (Phi) is 4.61. The summed E-state index contributed by atoms with van der Waals surface area (Å²) in [5.74, 6) is 2.26. The minimum Gasteiger partial charge on any atom is -0.493 e. The first-order chi connectivity index (χ1) is 12.1. The number of nitrogens with zero attached hydrogens (tertiary/aromatic N) is 2. The minimum absolute atomic E-state index is 0.508. The summed E-state index contributed by atoms with van der Waals surface area (Å²) in [6.45, 7) is 4.11. The first kappa shape index (κ1) is 16.8. The lowest BCUT2D eigenvalue weighted by molar-refractivity contribution is 0.327. The van der Waals surface area contributed by atoms with E-state index in [1.807, 2.05) is 6.07 Å². The Morgan fingerprint density at radius 2 is 1.64 bits per heavy atom. The smallest absolute Gasteiger partial charge is 0.205 e. The van der Waals surface area contributed by atoms with E-state index in [4.69, 9.17) is 14.2 Å². The van der Waals surface area contributed by atoms with Gasteiger partial charge in [-0.1, -0.05) is 12.1 Å². The molecule has 0 bridgehead atoms. The highest BCUT2D eigenvalue weighted by atomic mass is 16.5. The summed E-state index contributed by atoms with van der Waals surface area (Å²) in [6.07, 6.45) is 1.50. The van der Waals surface area contributed by atoms with Gasteiger partial charge in [0.2, 0.25) is 5.75 Å². The number of benzene rings is 2. The monoisotopic (exact) mass is 339 g/mol. The van der Waals surface area contributed by atoms with E-state index in [2.05, 4.69) is 47.3 Å². The standard InChI is InChI=1S/C19H21N3O3/c1-11-6-7-12(2)14(8-11)22-19-13-9-15(23-3)17(24-4)18(25-5)16(13)20-10-21-19/h6-10H,1-5H3,(H,20,21,22). The number of hydrogen-bond donors (Lipinski definition) is 1. The van der Waals surface area contributed by atoms with E-state index in [0.717, 1.165) is 16.6 Å². The zero-order valence-electron chi connectivity index (χ0n) is 15.0. The molecule has 25 heavy (non-hydrogen) atoms. The van der Waals surface area contributed by atoms with Crippen molar-refractivity contribution in [2.75, 3.05) is 26.6 Å². The van der Waals surface area contributed by atoms with Gasteiger partial charge in [-0.05, 0) is 37.1 Å². The molecule has 2 aromatic carbocycles. The second-order valence-corrected chi connectivity index (χ2v) is 5.71. The molecule has 0 unspecified atom stereocenters. The fraction of sp³-hybridized carbons (Fsp3) is 0.263. The molecule has 0 aliphatic heterocycles. The highest BCUT2D eigenvalue weighted by Gasteiger charge is 2.19. The van der Waals surface area contributed by atoms with Crippen LogP contribution in [0.25, 0.3) is 10.9 Å². The maximum Gasteiger partial charge on any atom is 0.205 e. The van der Waals surface area contributed by atoms with Crippen molar-refractivity contribution >= 4 is 22.4 Å². The number of hydrogen-bond acceptors (Lipinski definition) is 6. The Balaban J connectivity index is 2.21. The molecule has 0 saturated carbocycles. The number of methoxy groups -OCH3 is 3. The number of aryl methyl sites for hydroxylation is 2. The predicted molar refractivity (Wildman–Crippen MR) is 98.4 cm³/mol. The molecule has 1 N–H and O–H groups in total. The summed E-state index contributed by atoms with van der Waals surface area (Å²) < 4.78 is 16.4. The van der Waals surface area contributed by atoms with Crippen LogP contribution in [-0.2, 0) is 0 Å². The van der Waals surface area contributed by atoms with Crippen molar-refractivity contribution < 1.29 is 14.2 Å². The van der Waals surface area contributed by atoms with E-state index < -0.39 is 0 Å². The van der Waals surface area contributed by atoms with E-state index in [1.54, 1.807) is 21.3 Å². The van der Waals surface area contributed by atoms with Gasteiger partial charge in [0, 0.05) is 5.69 Å². The number of anilines is 2. The van der Waals surface area contributed by atoms with Crippen LogP contribution in [0.4, 0.5) is 11.5 Å². The fourth-order valence-electron chi connectivity index (χ4n) is 2.76. The summed E-state index contributed by atoms with van der Waals surface area (Å²) in [7, 11) is 4.74. The normalized spacial score (nSPS) is 10.6. The van der Waals surface area contributed by atoms with Crippen molar-refractivity contribution in [1.82, 2.24) is 9.97 Å². The average molecular weight is 339 g/mol. The van der Waals surface area contributed by atoms with Crippen LogP contribution in [0, 0.1) is 13.8 Å². The van der Waals surface area contributed by atoms with Gasteiger partial charge < -0.3 is 19.5 Å². The van der Waals surface area contributed by atoms with Crippen molar-refractivity contribution in [2.45, 2.75) is 13.8 Å². The third kappa shape index (κ3) is 3.03. The summed E-state index contributed by atoms with van der Waals surface area (Å²) in [4.78, 5) is 8.77. The van der Waals surface area contributed by atoms with Crippen LogP contribution in [0.5, 0.6) is 17.2 Å². The summed E-state index contributed by atoms with van der Waals surface area (Å²) >= 11 is 0. The molecule has 0 fully saturated rings. The second-order valence-electron chi connectivity index (χ2n) is 5.71. The zero-order valence-corrected chi connectivity index (χ0v) is 15.0. The highest BCUT2D eigenvalue weighted by Crippen LogP contribution is 2.44. The van der Waals surface area contributed by atoms with Gasteiger partial charge >= 0.3 is 0 Å². The van der Waals surface area contributed by atoms with Gasteiger partial charge in [-0.3, -0.25) is 0 Å².